The number of rotatable bonds is 4. The summed E-state index contributed by atoms with van der Waals surface area (Å²) in [6, 6.07) is 16.9. The van der Waals surface area contributed by atoms with E-state index in [9.17, 15) is 9.90 Å². The Kier molecular flexibility index (Phi) is 3.94. The third kappa shape index (κ3) is 2.61. The van der Waals surface area contributed by atoms with Gasteiger partial charge in [-0.1, -0.05) is 30.3 Å². The normalized spacial score (nSPS) is 10.4. The number of ether oxygens (including phenoxy) is 1. The molecule has 0 saturated heterocycles. The highest BCUT2D eigenvalue weighted by molar-refractivity contribution is 7.14. The Balaban J connectivity index is 2.16. The van der Waals surface area contributed by atoms with Crippen molar-refractivity contribution in [2.45, 2.75) is 0 Å². The molecule has 0 unspecified atom stereocenters. The van der Waals surface area contributed by atoms with Crippen molar-refractivity contribution >= 4 is 17.3 Å². The first-order valence-corrected chi connectivity index (χ1v) is 7.63. The number of carboxylic acid groups (broad SMARTS) is 1. The van der Waals surface area contributed by atoms with E-state index in [-0.39, 0.29) is 0 Å². The summed E-state index contributed by atoms with van der Waals surface area (Å²) in [5.41, 5.74) is 3.07. The summed E-state index contributed by atoms with van der Waals surface area (Å²) in [6.07, 6.45) is 0. The predicted octanol–water partition coefficient (Wildman–Crippen LogP) is 4.79. The van der Waals surface area contributed by atoms with Gasteiger partial charge in [0.05, 0.1) is 12.7 Å². The molecule has 1 heterocycles. The van der Waals surface area contributed by atoms with Gasteiger partial charge in [-0.05, 0) is 35.2 Å². The van der Waals surface area contributed by atoms with E-state index < -0.39 is 5.97 Å². The molecule has 0 aliphatic carbocycles. The molecule has 1 aromatic heterocycles. The summed E-state index contributed by atoms with van der Waals surface area (Å²) >= 11 is 1.54. The summed E-state index contributed by atoms with van der Waals surface area (Å²) in [5.74, 6) is -0.137. The Morgan fingerprint density at radius 2 is 1.86 bits per heavy atom. The van der Waals surface area contributed by atoms with E-state index >= 15 is 0 Å². The van der Waals surface area contributed by atoms with Gasteiger partial charge in [-0.15, -0.1) is 11.3 Å². The molecule has 0 saturated carbocycles. The van der Waals surface area contributed by atoms with Crippen molar-refractivity contribution in [2.24, 2.45) is 0 Å². The fraction of sp³-hybridized carbons (Fsp3) is 0.0556. The van der Waals surface area contributed by atoms with Crippen molar-refractivity contribution in [3.63, 3.8) is 0 Å². The highest BCUT2D eigenvalue weighted by Crippen LogP contribution is 2.39. The topological polar surface area (TPSA) is 46.5 Å². The third-order valence-electron chi connectivity index (χ3n) is 3.45. The van der Waals surface area contributed by atoms with Gasteiger partial charge >= 0.3 is 5.97 Å². The van der Waals surface area contributed by atoms with Crippen LogP contribution in [0.25, 0.3) is 21.6 Å². The number of carboxylic acids is 1. The van der Waals surface area contributed by atoms with Crippen molar-refractivity contribution in [1.82, 2.24) is 0 Å². The lowest BCUT2D eigenvalue weighted by molar-refractivity contribution is 0.0698. The van der Waals surface area contributed by atoms with Gasteiger partial charge in [-0.3, -0.25) is 0 Å². The van der Waals surface area contributed by atoms with Crippen LogP contribution in [0.15, 0.2) is 60.0 Å². The highest BCUT2D eigenvalue weighted by atomic mass is 32.1. The number of methoxy groups -OCH3 is 1. The van der Waals surface area contributed by atoms with E-state index in [2.05, 4.69) is 0 Å². The quantitative estimate of drug-likeness (QED) is 0.753. The maximum absolute atomic E-state index is 11.4. The van der Waals surface area contributed by atoms with Crippen molar-refractivity contribution in [3.8, 4) is 27.3 Å². The molecule has 4 heteroatoms. The van der Waals surface area contributed by atoms with Crippen molar-refractivity contribution < 1.29 is 14.6 Å². The van der Waals surface area contributed by atoms with Crippen LogP contribution in [0, 0.1) is 0 Å². The lowest BCUT2D eigenvalue weighted by atomic mass is 9.99. The molecule has 2 aromatic carbocycles. The zero-order valence-corrected chi connectivity index (χ0v) is 12.8. The van der Waals surface area contributed by atoms with Crippen LogP contribution in [0.4, 0.5) is 0 Å². The van der Waals surface area contributed by atoms with Crippen LogP contribution in [-0.4, -0.2) is 18.2 Å². The van der Waals surface area contributed by atoms with Gasteiger partial charge in [0.15, 0.2) is 0 Å². The number of carbonyl (C=O) groups is 1. The first-order chi connectivity index (χ1) is 10.7. The smallest absolute Gasteiger partial charge is 0.336 e. The molecule has 3 aromatic rings. The third-order valence-corrected chi connectivity index (χ3v) is 4.40. The molecule has 0 fully saturated rings. The van der Waals surface area contributed by atoms with Gasteiger partial charge in [0, 0.05) is 16.0 Å². The Hall–Kier alpha value is -2.59. The molecule has 3 nitrogen and oxygen atoms in total. The Morgan fingerprint density at radius 3 is 2.64 bits per heavy atom. The second-order valence-electron chi connectivity index (χ2n) is 4.75. The maximum atomic E-state index is 11.4. The highest BCUT2D eigenvalue weighted by Gasteiger charge is 2.16. The summed E-state index contributed by atoms with van der Waals surface area (Å²) in [6.45, 7) is 0. The van der Waals surface area contributed by atoms with E-state index in [4.69, 9.17) is 4.74 Å². The van der Waals surface area contributed by atoms with Crippen molar-refractivity contribution in [3.05, 3.63) is 65.5 Å². The number of benzene rings is 2. The monoisotopic (exact) mass is 310 g/mol. The molecule has 0 aliphatic rings. The largest absolute Gasteiger partial charge is 0.497 e. The zero-order chi connectivity index (χ0) is 15.5. The molecule has 1 N–H and O–H groups in total. The van der Waals surface area contributed by atoms with Crippen LogP contribution >= 0.6 is 11.3 Å². The van der Waals surface area contributed by atoms with E-state index in [1.54, 1.807) is 19.2 Å². The average Bonchev–Trinajstić information content (AvgIpc) is 3.04. The first-order valence-electron chi connectivity index (χ1n) is 6.75. The fourth-order valence-corrected chi connectivity index (χ4v) is 3.36. The van der Waals surface area contributed by atoms with Gasteiger partial charge < -0.3 is 9.84 Å². The summed E-state index contributed by atoms with van der Waals surface area (Å²) < 4.78 is 5.27. The van der Waals surface area contributed by atoms with Crippen LogP contribution < -0.4 is 4.74 Å². The zero-order valence-electron chi connectivity index (χ0n) is 11.9. The van der Waals surface area contributed by atoms with Crippen molar-refractivity contribution in [2.75, 3.05) is 7.11 Å². The van der Waals surface area contributed by atoms with Crippen molar-refractivity contribution in [1.29, 1.82) is 0 Å². The summed E-state index contributed by atoms with van der Waals surface area (Å²) in [7, 11) is 1.63. The second kappa shape index (κ2) is 6.03. The average molecular weight is 310 g/mol. The Labute approximate surface area is 132 Å². The molecule has 3 rings (SSSR count). The number of aromatic carboxylic acids is 1. The molecule has 22 heavy (non-hydrogen) atoms. The van der Waals surface area contributed by atoms with Gasteiger partial charge in [-0.25, -0.2) is 4.79 Å². The molecule has 110 valence electrons. The van der Waals surface area contributed by atoms with E-state index in [1.165, 1.54) is 11.3 Å². The van der Waals surface area contributed by atoms with Crippen LogP contribution in [0.3, 0.4) is 0 Å². The Morgan fingerprint density at radius 1 is 1.05 bits per heavy atom. The molecule has 0 atom stereocenters. The van der Waals surface area contributed by atoms with Crippen LogP contribution in [0.2, 0.25) is 0 Å². The molecular weight excluding hydrogens is 296 g/mol. The second-order valence-corrected chi connectivity index (χ2v) is 5.66. The molecular formula is C18H14O3S. The minimum atomic E-state index is -0.916. The lowest BCUT2D eigenvalue weighted by Gasteiger charge is -2.09. The first kappa shape index (κ1) is 14.4. The minimum Gasteiger partial charge on any atom is -0.497 e. The van der Waals surface area contributed by atoms with Crippen LogP contribution in [-0.2, 0) is 0 Å². The number of hydrogen-bond donors (Lipinski definition) is 1. The maximum Gasteiger partial charge on any atom is 0.336 e. The van der Waals surface area contributed by atoms with Gasteiger partial charge in [-0.2, -0.15) is 0 Å². The minimum absolute atomic E-state index is 0.314. The van der Waals surface area contributed by atoms with E-state index in [1.807, 2.05) is 47.8 Å². The van der Waals surface area contributed by atoms with Gasteiger partial charge in [0.1, 0.15) is 5.75 Å². The molecule has 0 amide bonds. The lowest BCUT2D eigenvalue weighted by Crippen LogP contribution is -1.98. The van der Waals surface area contributed by atoms with Gasteiger partial charge in [0.25, 0.3) is 0 Å². The van der Waals surface area contributed by atoms with Gasteiger partial charge in [0.2, 0.25) is 0 Å². The Bertz CT molecular complexity index is 820. The fourth-order valence-electron chi connectivity index (χ4n) is 2.40. The molecule has 0 radical (unpaired) electrons. The van der Waals surface area contributed by atoms with E-state index in [0.717, 1.165) is 27.3 Å². The van der Waals surface area contributed by atoms with E-state index in [0.29, 0.717) is 5.56 Å². The number of hydrogen-bond acceptors (Lipinski definition) is 3. The molecule has 0 aliphatic heterocycles. The molecule has 0 spiro atoms. The molecule has 0 bridgehead atoms. The van der Waals surface area contributed by atoms with Crippen LogP contribution in [0.1, 0.15) is 10.4 Å². The predicted molar refractivity (Wildman–Crippen MR) is 88.7 cm³/mol. The SMILES string of the molecule is COc1cccc(-c2ccsc2-c2ccccc2C(=O)O)c1. The summed E-state index contributed by atoms with van der Waals surface area (Å²) in [5, 5.41) is 11.4. The number of thiophene rings is 1. The summed E-state index contributed by atoms with van der Waals surface area (Å²) in [4.78, 5) is 12.4. The standard InChI is InChI=1S/C18H14O3S/c1-21-13-6-4-5-12(11-13)14-9-10-22-17(14)15-7-2-3-8-16(15)18(19)20/h2-11H,1H3,(H,19,20). The van der Waals surface area contributed by atoms with Crippen LogP contribution in [0.5, 0.6) is 5.75 Å².